The number of methoxy groups -OCH3 is 1. The van der Waals surface area contributed by atoms with Gasteiger partial charge in [-0.25, -0.2) is 13.4 Å². The quantitative estimate of drug-likeness (QED) is 0.466. The lowest BCUT2D eigenvalue weighted by molar-refractivity contribution is -0.118. The van der Waals surface area contributed by atoms with E-state index in [0.717, 1.165) is 21.9 Å². The Kier molecular flexibility index (Phi) is 7.29. The van der Waals surface area contributed by atoms with E-state index in [1.807, 2.05) is 31.2 Å². The number of anilines is 1. The number of thiazole rings is 1. The molecule has 1 atom stereocenters. The number of carbonyl (C=O) groups excluding carboxylic acids is 1. The molecule has 35 heavy (non-hydrogen) atoms. The summed E-state index contributed by atoms with van der Waals surface area (Å²) in [4.78, 5) is 18.6. The predicted octanol–water partition coefficient (Wildman–Crippen LogP) is 3.84. The Balaban J connectivity index is 1.51. The maximum Gasteiger partial charge on any atom is 0.244 e. The number of sulfonamides is 1. The van der Waals surface area contributed by atoms with Gasteiger partial charge in [0.2, 0.25) is 15.9 Å². The van der Waals surface area contributed by atoms with Crippen molar-refractivity contribution in [2.24, 2.45) is 5.92 Å². The molecule has 2 heterocycles. The highest BCUT2D eigenvalue weighted by Crippen LogP contribution is 2.33. The zero-order valence-corrected chi connectivity index (χ0v) is 21.5. The number of hydrogen-bond donors (Lipinski definition) is 2. The molecule has 2 aromatic carbocycles. The molecule has 0 bridgehead atoms. The van der Waals surface area contributed by atoms with Gasteiger partial charge in [-0.2, -0.15) is 4.72 Å². The third-order valence-corrected chi connectivity index (χ3v) is 7.77. The van der Waals surface area contributed by atoms with Gasteiger partial charge in [-0.15, -0.1) is 11.3 Å². The van der Waals surface area contributed by atoms with E-state index in [0.29, 0.717) is 29.8 Å². The molecule has 0 fully saturated rings. The molecular weight excluding hydrogens is 490 g/mol. The summed E-state index contributed by atoms with van der Waals surface area (Å²) in [5.41, 5.74) is 1.63. The fraction of sp³-hybridized carbons (Fsp3) is 0.333. The Morgan fingerprint density at radius 3 is 2.43 bits per heavy atom. The average Bonchev–Trinajstić information content (AvgIpc) is 3.21. The number of aromatic nitrogens is 1. The van der Waals surface area contributed by atoms with Crippen molar-refractivity contribution in [2.75, 3.05) is 25.6 Å². The van der Waals surface area contributed by atoms with E-state index in [-0.39, 0.29) is 10.8 Å². The number of fused-ring (bicyclic) bond motifs is 1. The Morgan fingerprint density at radius 1 is 1.09 bits per heavy atom. The average molecular weight is 518 g/mol. The predicted molar refractivity (Wildman–Crippen MR) is 134 cm³/mol. The van der Waals surface area contributed by atoms with Crippen LogP contribution in [0.25, 0.3) is 11.3 Å². The summed E-state index contributed by atoms with van der Waals surface area (Å²) in [6, 6.07) is 10.8. The van der Waals surface area contributed by atoms with Gasteiger partial charge in [0.1, 0.15) is 25.0 Å². The zero-order chi connectivity index (χ0) is 25.2. The van der Waals surface area contributed by atoms with Crippen LogP contribution in [0.4, 0.5) is 5.13 Å². The molecule has 11 heteroatoms. The fourth-order valence-corrected chi connectivity index (χ4v) is 5.77. The first-order chi connectivity index (χ1) is 16.7. The van der Waals surface area contributed by atoms with Crippen LogP contribution in [0.1, 0.15) is 18.7 Å². The second kappa shape index (κ2) is 10.2. The van der Waals surface area contributed by atoms with Gasteiger partial charge in [-0.1, -0.05) is 13.8 Å². The minimum Gasteiger partial charge on any atom is -0.497 e. The molecule has 0 radical (unpaired) electrons. The first kappa shape index (κ1) is 25.0. The second-order valence-corrected chi connectivity index (χ2v) is 11.2. The van der Waals surface area contributed by atoms with E-state index < -0.39 is 22.0 Å². The lowest BCUT2D eigenvalue weighted by Crippen LogP contribution is -2.47. The van der Waals surface area contributed by atoms with E-state index >= 15 is 0 Å². The Morgan fingerprint density at radius 2 is 1.77 bits per heavy atom. The van der Waals surface area contributed by atoms with Gasteiger partial charge in [-0.3, -0.25) is 4.79 Å². The van der Waals surface area contributed by atoms with E-state index in [1.54, 1.807) is 27.0 Å². The van der Waals surface area contributed by atoms with Crippen LogP contribution < -0.4 is 24.2 Å². The summed E-state index contributed by atoms with van der Waals surface area (Å²) in [5.74, 6) is 0.773. The molecule has 186 valence electrons. The largest absolute Gasteiger partial charge is 0.497 e. The second-order valence-electron chi connectivity index (χ2n) is 8.29. The van der Waals surface area contributed by atoms with Crippen molar-refractivity contribution in [2.45, 2.75) is 31.7 Å². The Hall–Kier alpha value is -3.15. The van der Waals surface area contributed by atoms with Crippen LogP contribution in [0, 0.1) is 12.8 Å². The van der Waals surface area contributed by atoms with Gasteiger partial charge in [0, 0.05) is 16.5 Å². The maximum atomic E-state index is 13.1. The maximum absolute atomic E-state index is 13.1. The smallest absolute Gasteiger partial charge is 0.244 e. The van der Waals surface area contributed by atoms with Gasteiger partial charge < -0.3 is 19.5 Å². The lowest BCUT2D eigenvalue weighted by Gasteiger charge is -2.22. The number of aryl methyl sites for hydroxylation is 1. The first-order valence-corrected chi connectivity index (χ1v) is 13.3. The molecule has 0 spiro atoms. The number of nitrogens with zero attached hydrogens (tertiary/aromatic N) is 1. The number of rotatable bonds is 8. The lowest BCUT2D eigenvalue weighted by atomic mass is 10.1. The molecule has 1 aliphatic heterocycles. The van der Waals surface area contributed by atoms with Crippen molar-refractivity contribution in [3.05, 3.63) is 47.3 Å². The van der Waals surface area contributed by atoms with Crippen molar-refractivity contribution in [3.63, 3.8) is 0 Å². The number of nitrogens with one attached hydrogen (secondary N) is 2. The monoisotopic (exact) mass is 517 g/mol. The van der Waals surface area contributed by atoms with Gasteiger partial charge in [-0.05, 0) is 49.2 Å². The fourth-order valence-electron chi connectivity index (χ4n) is 3.57. The van der Waals surface area contributed by atoms with Gasteiger partial charge in [0.15, 0.2) is 16.6 Å². The number of carbonyl (C=O) groups is 1. The zero-order valence-electron chi connectivity index (χ0n) is 19.8. The highest BCUT2D eigenvalue weighted by atomic mass is 32.2. The van der Waals surface area contributed by atoms with Crippen molar-refractivity contribution >= 4 is 32.4 Å². The normalized spacial score (nSPS) is 14.0. The van der Waals surface area contributed by atoms with Crippen molar-refractivity contribution < 1.29 is 27.4 Å². The molecular formula is C24H27N3O6S2. The summed E-state index contributed by atoms with van der Waals surface area (Å²) in [5, 5.41) is 3.16. The van der Waals surface area contributed by atoms with E-state index in [4.69, 9.17) is 14.2 Å². The highest BCUT2D eigenvalue weighted by molar-refractivity contribution is 7.89. The van der Waals surface area contributed by atoms with E-state index in [1.165, 1.54) is 23.5 Å². The van der Waals surface area contributed by atoms with Gasteiger partial charge in [0.25, 0.3) is 0 Å². The summed E-state index contributed by atoms with van der Waals surface area (Å²) >= 11 is 1.32. The molecule has 9 nitrogen and oxygen atoms in total. The van der Waals surface area contributed by atoms with Crippen LogP contribution in [0.15, 0.2) is 47.4 Å². The standard InChI is InChI=1S/C24H27N3O6S2/c1-14(2)21(27-35(29,30)18-9-10-19-20(13-18)33-12-11-32-19)23(28)26-24-25-22(15(3)34-24)16-5-7-17(31-4)8-6-16/h5-10,13-14,21,27H,11-12H2,1-4H3,(H,25,26,28). The summed E-state index contributed by atoms with van der Waals surface area (Å²) < 4.78 is 44.8. The number of hydrogen-bond acceptors (Lipinski definition) is 8. The van der Waals surface area contributed by atoms with Crippen molar-refractivity contribution in [3.8, 4) is 28.5 Å². The highest BCUT2D eigenvalue weighted by Gasteiger charge is 2.30. The number of ether oxygens (including phenoxy) is 3. The molecule has 1 unspecified atom stereocenters. The molecule has 0 saturated heterocycles. The van der Waals surface area contributed by atoms with E-state index in [9.17, 15) is 13.2 Å². The minimum atomic E-state index is -4.00. The first-order valence-electron chi connectivity index (χ1n) is 11.0. The number of benzene rings is 2. The van der Waals surface area contributed by atoms with Gasteiger partial charge in [0.05, 0.1) is 17.7 Å². The molecule has 1 aromatic heterocycles. The van der Waals surface area contributed by atoms with Crippen LogP contribution in [0.3, 0.4) is 0 Å². The van der Waals surface area contributed by atoms with Crippen LogP contribution in [-0.2, 0) is 14.8 Å². The molecule has 4 rings (SSSR count). The third-order valence-electron chi connectivity index (χ3n) is 5.45. The minimum absolute atomic E-state index is 0.00733. The summed E-state index contributed by atoms with van der Waals surface area (Å²) in [6.07, 6.45) is 0. The summed E-state index contributed by atoms with van der Waals surface area (Å²) in [7, 11) is -2.40. The molecule has 1 amide bonds. The van der Waals surface area contributed by atoms with E-state index in [2.05, 4.69) is 15.0 Å². The SMILES string of the molecule is COc1ccc(-c2nc(NC(=O)C(NS(=O)(=O)c3ccc4c(c3)OCCO4)C(C)C)sc2C)cc1. The van der Waals surface area contributed by atoms with Crippen molar-refractivity contribution in [1.29, 1.82) is 0 Å². The Bertz CT molecular complexity index is 1320. The topological polar surface area (TPSA) is 116 Å². The van der Waals surface area contributed by atoms with Crippen LogP contribution >= 0.6 is 11.3 Å². The van der Waals surface area contributed by atoms with Gasteiger partial charge >= 0.3 is 0 Å². The summed E-state index contributed by atoms with van der Waals surface area (Å²) in [6.45, 7) is 6.20. The molecule has 1 aliphatic rings. The molecule has 0 aliphatic carbocycles. The molecule has 0 saturated carbocycles. The van der Waals surface area contributed by atoms with Crippen LogP contribution in [-0.4, -0.2) is 45.7 Å². The third kappa shape index (κ3) is 5.58. The van der Waals surface area contributed by atoms with Crippen molar-refractivity contribution in [1.82, 2.24) is 9.71 Å². The number of amides is 1. The van der Waals surface area contributed by atoms with Crippen LogP contribution in [0.2, 0.25) is 0 Å². The Labute approximate surface area is 208 Å². The van der Waals surface area contributed by atoms with Crippen LogP contribution in [0.5, 0.6) is 17.2 Å². The molecule has 3 aromatic rings. The molecule has 2 N–H and O–H groups in total.